The first-order valence-electron chi connectivity index (χ1n) is 6.27. The molecular weight excluding hydrogens is 286 g/mol. The lowest BCUT2D eigenvalue weighted by molar-refractivity contribution is 0.103. The molecule has 0 aliphatic rings. The molecule has 0 spiro atoms. The molecule has 0 amide bonds. The average Bonchev–Trinajstić information content (AvgIpc) is 2.54. The minimum Gasteiger partial charge on any atom is -0.289 e. The van der Waals surface area contributed by atoms with E-state index in [1.807, 2.05) is 6.07 Å². The summed E-state index contributed by atoms with van der Waals surface area (Å²) in [7, 11) is -2.25. The molecule has 5 heteroatoms. The number of carbonyl (C=O) groups excluding carboxylic acids is 1. The number of hydrogen-bond acceptors (Lipinski definition) is 3. The van der Waals surface area contributed by atoms with Gasteiger partial charge in [0.2, 0.25) is 0 Å². The van der Waals surface area contributed by atoms with Gasteiger partial charge in [-0.1, -0.05) is 49.0 Å². The van der Waals surface area contributed by atoms with Crippen LogP contribution in [0.5, 0.6) is 0 Å². The van der Waals surface area contributed by atoms with Gasteiger partial charge in [-0.05, 0) is 12.1 Å². The standard InChI is InChI=1S/C16H15NO3S/c1-3-21(19,20)17(2)15-12-8-7-11-14(15)16(18)13-9-5-4-6-10-13/h3-12H,1H2,2H3. The lowest BCUT2D eigenvalue weighted by atomic mass is 10.0. The number of para-hydroxylation sites is 1. The van der Waals surface area contributed by atoms with Gasteiger partial charge in [0.25, 0.3) is 10.0 Å². The summed E-state index contributed by atoms with van der Waals surface area (Å²) in [5.74, 6) is -0.225. The van der Waals surface area contributed by atoms with Crippen LogP contribution in [0, 0.1) is 0 Å². The number of nitrogens with zero attached hydrogens (tertiary/aromatic N) is 1. The van der Waals surface area contributed by atoms with Gasteiger partial charge in [0.05, 0.1) is 5.69 Å². The van der Waals surface area contributed by atoms with Gasteiger partial charge in [-0.25, -0.2) is 8.42 Å². The molecule has 2 aromatic rings. The van der Waals surface area contributed by atoms with E-state index in [1.54, 1.807) is 48.5 Å². The topological polar surface area (TPSA) is 54.5 Å². The third kappa shape index (κ3) is 3.03. The molecule has 2 rings (SSSR count). The van der Waals surface area contributed by atoms with Gasteiger partial charge in [0.1, 0.15) is 0 Å². The molecule has 0 aliphatic heterocycles. The van der Waals surface area contributed by atoms with Crippen molar-refractivity contribution in [1.82, 2.24) is 0 Å². The Kier molecular flexibility index (Phi) is 4.23. The van der Waals surface area contributed by atoms with Crippen molar-refractivity contribution >= 4 is 21.5 Å². The van der Waals surface area contributed by atoms with E-state index in [9.17, 15) is 13.2 Å². The Balaban J connectivity index is 2.52. The maximum Gasteiger partial charge on any atom is 0.256 e. The maximum absolute atomic E-state index is 12.5. The van der Waals surface area contributed by atoms with Gasteiger partial charge in [0.15, 0.2) is 5.78 Å². The van der Waals surface area contributed by atoms with Crippen molar-refractivity contribution in [3.8, 4) is 0 Å². The minimum atomic E-state index is -3.64. The predicted octanol–water partition coefficient (Wildman–Crippen LogP) is 2.83. The first kappa shape index (κ1) is 15.0. The van der Waals surface area contributed by atoms with Gasteiger partial charge in [-0.3, -0.25) is 9.10 Å². The lowest BCUT2D eigenvalue weighted by Gasteiger charge is -2.19. The highest BCUT2D eigenvalue weighted by molar-refractivity contribution is 7.95. The number of benzene rings is 2. The number of anilines is 1. The van der Waals surface area contributed by atoms with Gasteiger partial charge in [0, 0.05) is 23.6 Å². The fourth-order valence-electron chi connectivity index (χ4n) is 1.93. The molecule has 0 bridgehead atoms. The molecule has 0 unspecified atom stereocenters. The first-order valence-corrected chi connectivity index (χ1v) is 7.78. The molecule has 0 radical (unpaired) electrons. The summed E-state index contributed by atoms with van der Waals surface area (Å²) in [6.07, 6.45) is 0. The second-order valence-electron chi connectivity index (χ2n) is 4.39. The van der Waals surface area contributed by atoms with E-state index in [1.165, 1.54) is 7.05 Å². The zero-order valence-electron chi connectivity index (χ0n) is 11.6. The second kappa shape index (κ2) is 5.93. The Labute approximate surface area is 124 Å². The summed E-state index contributed by atoms with van der Waals surface area (Å²) in [5.41, 5.74) is 1.16. The Morgan fingerprint density at radius 1 is 1.05 bits per heavy atom. The molecule has 0 aliphatic carbocycles. The highest BCUT2D eigenvalue weighted by atomic mass is 32.2. The molecule has 2 aromatic carbocycles. The Hall–Kier alpha value is -2.40. The average molecular weight is 301 g/mol. The number of carbonyl (C=O) groups is 1. The highest BCUT2D eigenvalue weighted by Gasteiger charge is 2.21. The van der Waals surface area contributed by atoms with E-state index in [-0.39, 0.29) is 5.78 Å². The van der Waals surface area contributed by atoms with Crippen molar-refractivity contribution in [2.24, 2.45) is 0 Å². The molecule has 0 saturated heterocycles. The zero-order valence-corrected chi connectivity index (χ0v) is 12.4. The van der Waals surface area contributed by atoms with Crippen LogP contribution in [0.4, 0.5) is 5.69 Å². The Morgan fingerprint density at radius 3 is 2.24 bits per heavy atom. The van der Waals surface area contributed by atoms with E-state index in [0.717, 1.165) is 9.71 Å². The van der Waals surface area contributed by atoms with Gasteiger partial charge < -0.3 is 0 Å². The molecule has 0 aromatic heterocycles. The van der Waals surface area contributed by atoms with Crippen LogP contribution in [0.25, 0.3) is 0 Å². The molecule has 0 fully saturated rings. The molecule has 108 valence electrons. The largest absolute Gasteiger partial charge is 0.289 e. The monoisotopic (exact) mass is 301 g/mol. The smallest absolute Gasteiger partial charge is 0.256 e. The normalized spacial score (nSPS) is 10.9. The molecule has 0 N–H and O–H groups in total. The van der Waals surface area contributed by atoms with Crippen molar-refractivity contribution in [2.45, 2.75) is 0 Å². The molecule has 0 atom stereocenters. The number of ketones is 1. The van der Waals surface area contributed by atoms with Crippen LogP contribution >= 0.6 is 0 Å². The number of sulfonamides is 1. The van der Waals surface area contributed by atoms with E-state index in [2.05, 4.69) is 6.58 Å². The fraction of sp³-hybridized carbons (Fsp3) is 0.0625. The summed E-state index contributed by atoms with van der Waals surface area (Å²) < 4.78 is 24.9. The van der Waals surface area contributed by atoms with Crippen LogP contribution in [-0.2, 0) is 10.0 Å². The number of hydrogen-bond donors (Lipinski definition) is 0. The lowest BCUT2D eigenvalue weighted by Crippen LogP contribution is -2.26. The van der Waals surface area contributed by atoms with E-state index < -0.39 is 10.0 Å². The molecular formula is C16H15NO3S. The van der Waals surface area contributed by atoms with Gasteiger partial charge >= 0.3 is 0 Å². The maximum atomic E-state index is 12.5. The van der Waals surface area contributed by atoms with Crippen molar-refractivity contribution in [3.05, 3.63) is 77.7 Å². The zero-order chi connectivity index (χ0) is 15.5. The van der Waals surface area contributed by atoms with Crippen LogP contribution in [0.2, 0.25) is 0 Å². The minimum absolute atomic E-state index is 0.225. The SMILES string of the molecule is C=CS(=O)(=O)N(C)c1ccccc1C(=O)c1ccccc1. The Morgan fingerprint density at radius 2 is 1.62 bits per heavy atom. The molecule has 0 heterocycles. The van der Waals surface area contributed by atoms with Crippen molar-refractivity contribution in [3.63, 3.8) is 0 Å². The second-order valence-corrected chi connectivity index (χ2v) is 6.30. The fourth-order valence-corrected chi connectivity index (χ4v) is 2.59. The van der Waals surface area contributed by atoms with Crippen molar-refractivity contribution < 1.29 is 13.2 Å². The van der Waals surface area contributed by atoms with Crippen LogP contribution in [0.3, 0.4) is 0 Å². The predicted molar refractivity (Wildman–Crippen MR) is 83.8 cm³/mol. The third-order valence-electron chi connectivity index (χ3n) is 3.12. The van der Waals surface area contributed by atoms with E-state index >= 15 is 0 Å². The summed E-state index contributed by atoms with van der Waals surface area (Å²) in [4.78, 5) is 12.5. The number of rotatable bonds is 5. The quantitative estimate of drug-likeness (QED) is 0.798. The first-order chi connectivity index (χ1) is 9.97. The molecule has 21 heavy (non-hydrogen) atoms. The van der Waals surface area contributed by atoms with Crippen LogP contribution in [0.1, 0.15) is 15.9 Å². The Bertz CT molecular complexity index is 767. The summed E-state index contributed by atoms with van der Waals surface area (Å²) in [6.45, 7) is 3.30. The van der Waals surface area contributed by atoms with E-state index in [4.69, 9.17) is 0 Å². The van der Waals surface area contributed by atoms with Gasteiger partial charge in [-0.15, -0.1) is 0 Å². The highest BCUT2D eigenvalue weighted by Crippen LogP contribution is 2.24. The van der Waals surface area contributed by atoms with Gasteiger partial charge in [-0.2, -0.15) is 0 Å². The third-order valence-corrected chi connectivity index (χ3v) is 4.50. The van der Waals surface area contributed by atoms with Crippen LogP contribution < -0.4 is 4.31 Å². The summed E-state index contributed by atoms with van der Waals surface area (Å²) in [5, 5.41) is 0.858. The summed E-state index contributed by atoms with van der Waals surface area (Å²) >= 11 is 0. The van der Waals surface area contributed by atoms with Crippen LogP contribution in [0.15, 0.2) is 66.6 Å². The van der Waals surface area contributed by atoms with Crippen molar-refractivity contribution in [1.29, 1.82) is 0 Å². The summed E-state index contributed by atoms with van der Waals surface area (Å²) in [6, 6.07) is 15.3. The van der Waals surface area contributed by atoms with Crippen molar-refractivity contribution in [2.75, 3.05) is 11.4 Å². The molecule has 4 nitrogen and oxygen atoms in total. The molecule has 0 saturated carbocycles. The van der Waals surface area contributed by atoms with Crippen LogP contribution in [-0.4, -0.2) is 21.2 Å². The van der Waals surface area contributed by atoms with E-state index in [0.29, 0.717) is 16.8 Å².